The van der Waals surface area contributed by atoms with E-state index in [2.05, 4.69) is 27.1 Å². The van der Waals surface area contributed by atoms with E-state index < -0.39 is 10.0 Å². The van der Waals surface area contributed by atoms with Gasteiger partial charge in [0.15, 0.2) is 6.61 Å². The maximum absolute atomic E-state index is 12.8. The lowest BCUT2D eigenvalue weighted by Gasteiger charge is -2.32. The molecular formula is C20H23N3O4S. The smallest absolute Gasteiger partial charge is 0.262 e. The number of hydrogen-bond acceptors (Lipinski definition) is 5. The molecule has 8 heteroatoms. The zero-order valence-electron chi connectivity index (χ0n) is 15.4. The first-order chi connectivity index (χ1) is 13.5. The average Bonchev–Trinajstić information content (AvgIpc) is 2.69. The lowest BCUT2D eigenvalue weighted by molar-refractivity contribution is -0.118. The van der Waals surface area contributed by atoms with Gasteiger partial charge in [-0.25, -0.2) is 13.1 Å². The molecule has 0 atom stereocenters. The molecule has 2 N–H and O–H groups in total. The molecule has 0 aromatic heterocycles. The molecule has 0 bridgehead atoms. The van der Waals surface area contributed by atoms with Crippen LogP contribution in [0.15, 0.2) is 53.4 Å². The molecule has 0 spiro atoms. The molecule has 0 aliphatic carbocycles. The van der Waals surface area contributed by atoms with Crippen molar-refractivity contribution in [1.82, 2.24) is 9.62 Å². The highest BCUT2D eigenvalue weighted by atomic mass is 32.2. The molecule has 7 nitrogen and oxygen atoms in total. The van der Waals surface area contributed by atoms with Gasteiger partial charge in [0.1, 0.15) is 5.75 Å². The first-order valence-corrected chi connectivity index (χ1v) is 10.8. The lowest BCUT2D eigenvalue weighted by Crippen LogP contribution is -2.44. The van der Waals surface area contributed by atoms with Crippen molar-refractivity contribution in [2.45, 2.75) is 30.3 Å². The van der Waals surface area contributed by atoms with Gasteiger partial charge in [-0.15, -0.1) is 0 Å². The van der Waals surface area contributed by atoms with Crippen molar-refractivity contribution in [1.29, 1.82) is 0 Å². The first-order valence-electron chi connectivity index (χ1n) is 9.35. The number of amides is 1. The van der Waals surface area contributed by atoms with Crippen LogP contribution in [-0.4, -0.2) is 45.0 Å². The largest absolute Gasteiger partial charge is 0.482 e. The Bertz CT molecular complexity index is 955. The van der Waals surface area contributed by atoms with Crippen LogP contribution in [0.25, 0.3) is 0 Å². The van der Waals surface area contributed by atoms with E-state index in [1.54, 1.807) is 6.07 Å². The quantitative estimate of drug-likeness (QED) is 0.800. The number of fused-ring (bicyclic) bond motifs is 1. The van der Waals surface area contributed by atoms with Gasteiger partial charge in [0.2, 0.25) is 10.0 Å². The number of anilines is 1. The van der Waals surface area contributed by atoms with E-state index in [0.29, 0.717) is 11.4 Å². The minimum absolute atomic E-state index is 0.0566. The predicted molar refractivity (Wildman–Crippen MR) is 106 cm³/mol. The molecule has 4 rings (SSSR count). The molecule has 2 heterocycles. The van der Waals surface area contributed by atoms with Crippen molar-refractivity contribution in [3.63, 3.8) is 0 Å². The fourth-order valence-electron chi connectivity index (χ4n) is 3.57. The zero-order valence-corrected chi connectivity index (χ0v) is 16.2. The standard InChI is InChI=1S/C20H23N3O4S/c24-20-14-27-19-7-6-17(12-18(19)21-20)28(25,26)22-16-8-10-23(11-9-16)13-15-4-2-1-3-5-15/h1-7,12,16,22H,8-11,13-14H2,(H,21,24). The summed E-state index contributed by atoms with van der Waals surface area (Å²) in [5, 5.41) is 2.64. The van der Waals surface area contributed by atoms with Gasteiger partial charge in [-0.05, 0) is 36.6 Å². The molecule has 2 aromatic carbocycles. The number of piperidine rings is 1. The molecule has 0 unspecified atom stereocenters. The SMILES string of the molecule is O=C1COc2ccc(S(=O)(=O)NC3CCN(Cc4ccccc4)CC3)cc2N1. The van der Waals surface area contributed by atoms with Crippen molar-refractivity contribution < 1.29 is 17.9 Å². The van der Waals surface area contributed by atoms with Crippen LogP contribution in [0.3, 0.4) is 0 Å². The fourth-order valence-corrected chi connectivity index (χ4v) is 4.90. The van der Waals surface area contributed by atoms with Gasteiger partial charge in [0.25, 0.3) is 5.91 Å². The third-order valence-corrected chi connectivity index (χ3v) is 6.57. The van der Waals surface area contributed by atoms with E-state index in [-0.39, 0.29) is 23.5 Å². The summed E-state index contributed by atoms with van der Waals surface area (Å²) in [7, 11) is -3.66. The Morgan fingerprint density at radius 3 is 2.61 bits per heavy atom. The minimum Gasteiger partial charge on any atom is -0.482 e. The normalized spacial score (nSPS) is 18.2. The maximum Gasteiger partial charge on any atom is 0.262 e. The van der Waals surface area contributed by atoms with Gasteiger partial charge in [-0.1, -0.05) is 30.3 Å². The highest BCUT2D eigenvalue weighted by molar-refractivity contribution is 7.89. The van der Waals surface area contributed by atoms with E-state index in [4.69, 9.17) is 4.74 Å². The van der Waals surface area contributed by atoms with Gasteiger partial charge >= 0.3 is 0 Å². The van der Waals surface area contributed by atoms with Crippen LogP contribution in [0.5, 0.6) is 5.75 Å². The van der Waals surface area contributed by atoms with Crippen molar-refractivity contribution in [2.75, 3.05) is 25.0 Å². The van der Waals surface area contributed by atoms with E-state index in [9.17, 15) is 13.2 Å². The number of carbonyl (C=O) groups is 1. The Balaban J connectivity index is 1.37. The number of sulfonamides is 1. The summed E-state index contributed by atoms with van der Waals surface area (Å²) in [6.07, 6.45) is 1.52. The van der Waals surface area contributed by atoms with Crippen molar-refractivity contribution in [2.24, 2.45) is 0 Å². The number of rotatable bonds is 5. The lowest BCUT2D eigenvalue weighted by atomic mass is 10.1. The second-order valence-electron chi connectivity index (χ2n) is 7.15. The molecular weight excluding hydrogens is 378 g/mol. The van der Waals surface area contributed by atoms with E-state index >= 15 is 0 Å². The van der Waals surface area contributed by atoms with Crippen molar-refractivity contribution >= 4 is 21.6 Å². The molecule has 2 aliphatic rings. The van der Waals surface area contributed by atoms with Crippen LogP contribution in [0, 0.1) is 0 Å². The Morgan fingerprint density at radius 1 is 1.11 bits per heavy atom. The van der Waals surface area contributed by atoms with Crippen molar-refractivity contribution in [3.05, 3.63) is 54.1 Å². The highest BCUT2D eigenvalue weighted by Crippen LogP contribution is 2.30. The Labute approximate surface area is 164 Å². The molecule has 2 aliphatic heterocycles. The molecule has 2 aromatic rings. The molecule has 1 fully saturated rings. The van der Waals surface area contributed by atoms with Crippen LogP contribution in [-0.2, 0) is 21.4 Å². The number of nitrogens with zero attached hydrogens (tertiary/aromatic N) is 1. The Kier molecular flexibility index (Phi) is 5.34. The molecule has 1 saturated heterocycles. The van der Waals surface area contributed by atoms with Crippen LogP contribution in [0.2, 0.25) is 0 Å². The summed E-state index contributed by atoms with van der Waals surface area (Å²) in [5.41, 5.74) is 1.65. The van der Waals surface area contributed by atoms with Crippen LogP contribution >= 0.6 is 0 Å². The number of carbonyl (C=O) groups excluding carboxylic acids is 1. The number of hydrogen-bond donors (Lipinski definition) is 2. The summed E-state index contributed by atoms with van der Waals surface area (Å²) in [4.78, 5) is 13.9. The first kappa shape index (κ1) is 18.9. The predicted octanol–water partition coefficient (Wildman–Crippen LogP) is 1.96. The van der Waals surface area contributed by atoms with E-state index in [1.807, 2.05) is 18.2 Å². The summed E-state index contributed by atoms with van der Waals surface area (Å²) >= 11 is 0. The third-order valence-electron chi connectivity index (χ3n) is 5.05. The third kappa shape index (κ3) is 4.35. The van der Waals surface area contributed by atoms with Crippen LogP contribution in [0.1, 0.15) is 18.4 Å². The molecule has 0 radical (unpaired) electrons. The van der Waals surface area contributed by atoms with Crippen LogP contribution in [0.4, 0.5) is 5.69 Å². The van der Waals surface area contributed by atoms with Crippen molar-refractivity contribution in [3.8, 4) is 5.75 Å². The number of benzene rings is 2. The molecule has 1 amide bonds. The molecule has 148 valence electrons. The summed E-state index contributed by atoms with van der Waals surface area (Å²) in [6.45, 7) is 2.51. The van der Waals surface area contributed by atoms with Gasteiger partial charge in [0.05, 0.1) is 10.6 Å². The number of likely N-dealkylation sites (tertiary alicyclic amines) is 1. The van der Waals surface area contributed by atoms with Gasteiger partial charge in [0, 0.05) is 25.7 Å². The summed E-state index contributed by atoms with van der Waals surface area (Å²) in [5.74, 6) is 0.188. The minimum atomic E-state index is -3.66. The number of nitrogens with one attached hydrogen (secondary N) is 2. The molecule has 0 saturated carbocycles. The highest BCUT2D eigenvalue weighted by Gasteiger charge is 2.26. The van der Waals surface area contributed by atoms with Gasteiger partial charge in [-0.3, -0.25) is 9.69 Å². The molecule has 28 heavy (non-hydrogen) atoms. The monoisotopic (exact) mass is 401 g/mol. The Hall–Kier alpha value is -2.42. The van der Waals surface area contributed by atoms with Gasteiger partial charge < -0.3 is 10.1 Å². The summed E-state index contributed by atoms with van der Waals surface area (Å²) in [6, 6.07) is 14.7. The maximum atomic E-state index is 12.8. The second kappa shape index (κ2) is 7.90. The van der Waals surface area contributed by atoms with E-state index in [0.717, 1.165) is 32.5 Å². The average molecular weight is 401 g/mol. The van der Waals surface area contributed by atoms with Crippen LogP contribution < -0.4 is 14.8 Å². The topological polar surface area (TPSA) is 87.7 Å². The van der Waals surface area contributed by atoms with Gasteiger partial charge in [-0.2, -0.15) is 0 Å². The van der Waals surface area contributed by atoms with E-state index in [1.165, 1.54) is 17.7 Å². The second-order valence-corrected chi connectivity index (χ2v) is 8.87. The fraction of sp³-hybridized carbons (Fsp3) is 0.350. The number of ether oxygens (including phenoxy) is 1. The zero-order chi connectivity index (χ0) is 19.6. The summed E-state index contributed by atoms with van der Waals surface area (Å²) < 4.78 is 33.6. The Morgan fingerprint density at radius 2 is 1.86 bits per heavy atom.